The Hall–Kier alpha value is -1.26. The summed E-state index contributed by atoms with van der Waals surface area (Å²) in [5.74, 6) is 1.14. The molecule has 1 aromatic rings. The molecule has 0 aliphatic heterocycles. The van der Waals surface area contributed by atoms with Crippen molar-refractivity contribution in [1.29, 1.82) is 0 Å². The zero-order chi connectivity index (χ0) is 13.7. The van der Waals surface area contributed by atoms with Crippen LogP contribution in [0.4, 0.5) is 5.69 Å². The monoisotopic (exact) mass is 298 g/mol. The fourth-order valence-electron chi connectivity index (χ4n) is 2.60. The van der Waals surface area contributed by atoms with Crippen LogP contribution in [0.15, 0.2) is 24.3 Å². The molecule has 0 bridgehead atoms. The lowest BCUT2D eigenvalue weighted by atomic mass is 10.00. The van der Waals surface area contributed by atoms with Crippen LogP contribution < -0.4 is 15.8 Å². The van der Waals surface area contributed by atoms with E-state index >= 15 is 0 Å². The van der Waals surface area contributed by atoms with E-state index in [1.807, 2.05) is 31.2 Å². The number of halogens is 1. The van der Waals surface area contributed by atoms with Gasteiger partial charge in [0.25, 0.3) is 0 Å². The highest BCUT2D eigenvalue weighted by Gasteiger charge is 2.25. The van der Waals surface area contributed by atoms with E-state index in [4.69, 9.17) is 10.5 Å². The number of nitrogens with two attached hydrogens (primary N) is 1. The first-order valence-electron chi connectivity index (χ1n) is 6.97. The second-order valence-electron chi connectivity index (χ2n) is 5.07. The van der Waals surface area contributed by atoms with Gasteiger partial charge in [0, 0.05) is 24.2 Å². The Morgan fingerprint density at radius 2 is 2.25 bits per heavy atom. The van der Waals surface area contributed by atoms with E-state index in [0.29, 0.717) is 18.9 Å². The molecule has 1 aliphatic carbocycles. The number of rotatable bonds is 5. The number of amides is 1. The van der Waals surface area contributed by atoms with Crippen molar-refractivity contribution < 1.29 is 9.53 Å². The Morgan fingerprint density at radius 3 is 2.90 bits per heavy atom. The molecule has 5 heteroatoms. The van der Waals surface area contributed by atoms with Gasteiger partial charge in [-0.1, -0.05) is 12.5 Å². The van der Waals surface area contributed by atoms with Crippen LogP contribution in [0.3, 0.4) is 0 Å². The molecule has 2 rings (SSSR count). The van der Waals surface area contributed by atoms with Crippen LogP contribution in [0.1, 0.15) is 32.6 Å². The summed E-state index contributed by atoms with van der Waals surface area (Å²) in [6.45, 7) is 2.56. The lowest BCUT2D eigenvalue weighted by Crippen LogP contribution is -2.28. The third kappa shape index (κ3) is 4.69. The van der Waals surface area contributed by atoms with Gasteiger partial charge in [0.05, 0.1) is 6.61 Å². The normalized spacial score (nSPS) is 21.1. The molecular weight excluding hydrogens is 276 g/mol. The Morgan fingerprint density at radius 1 is 1.45 bits per heavy atom. The van der Waals surface area contributed by atoms with E-state index in [1.54, 1.807) is 0 Å². The van der Waals surface area contributed by atoms with Crippen LogP contribution in [-0.2, 0) is 4.79 Å². The zero-order valence-corrected chi connectivity index (χ0v) is 12.6. The molecule has 1 aliphatic rings. The Balaban J connectivity index is 0.00000200. The second-order valence-corrected chi connectivity index (χ2v) is 5.07. The van der Waals surface area contributed by atoms with Crippen LogP contribution in [0, 0.1) is 5.92 Å². The van der Waals surface area contributed by atoms with E-state index in [2.05, 4.69) is 5.32 Å². The molecule has 112 valence electrons. The van der Waals surface area contributed by atoms with E-state index in [9.17, 15) is 4.79 Å². The molecule has 3 N–H and O–H groups in total. The maximum absolute atomic E-state index is 12.0. The summed E-state index contributed by atoms with van der Waals surface area (Å²) in [6, 6.07) is 7.65. The van der Waals surface area contributed by atoms with E-state index < -0.39 is 0 Å². The third-order valence-electron chi connectivity index (χ3n) is 3.59. The molecule has 1 aromatic carbocycles. The SMILES string of the molecule is CCOc1cccc(NC(=O)C[C@@H]2CCC[C@H]2N)c1.Cl. The highest BCUT2D eigenvalue weighted by atomic mass is 35.5. The topological polar surface area (TPSA) is 64.3 Å². The predicted octanol–water partition coefficient (Wildman–Crippen LogP) is 2.96. The van der Waals surface area contributed by atoms with E-state index in [0.717, 1.165) is 30.7 Å². The summed E-state index contributed by atoms with van der Waals surface area (Å²) in [5.41, 5.74) is 6.76. The van der Waals surface area contributed by atoms with Gasteiger partial charge in [0.15, 0.2) is 0 Å². The first kappa shape index (κ1) is 16.8. The number of nitrogens with one attached hydrogen (secondary N) is 1. The number of carbonyl (C=O) groups is 1. The zero-order valence-electron chi connectivity index (χ0n) is 11.8. The van der Waals surface area contributed by atoms with Crippen molar-refractivity contribution in [2.75, 3.05) is 11.9 Å². The van der Waals surface area contributed by atoms with Crippen LogP contribution in [0.25, 0.3) is 0 Å². The van der Waals surface area contributed by atoms with Gasteiger partial charge in [-0.05, 0) is 37.8 Å². The highest BCUT2D eigenvalue weighted by molar-refractivity contribution is 5.91. The summed E-state index contributed by atoms with van der Waals surface area (Å²) in [7, 11) is 0. The average Bonchev–Trinajstić information content (AvgIpc) is 2.76. The van der Waals surface area contributed by atoms with Gasteiger partial charge < -0.3 is 15.8 Å². The van der Waals surface area contributed by atoms with Gasteiger partial charge in [-0.15, -0.1) is 12.4 Å². The lowest BCUT2D eigenvalue weighted by Gasteiger charge is -2.15. The molecule has 2 atom stereocenters. The first-order valence-corrected chi connectivity index (χ1v) is 6.97. The minimum absolute atomic E-state index is 0. The third-order valence-corrected chi connectivity index (χ3v) is 3.59. The van der Waals surface area contributed by atoms with Gasteiger partial charge in [0.1, 0.15) is 5.75 Å². The van der Waals surface area contributed by atoms with Gasteiger partial charge in [-0.3, -0.25) is 4.79 Å². The van der Waals surface area contributed by atoms with Crippen molar-refractivity contribution >= 4 is 24.0 Å². The van der Waals surface area contributed by atoms with Crippen molar-refractivity contribution in [2.24, 2.45) is 11.7 Å². The largest absolute Gasteiger partial charge is 0.494 e. The van der Waals surface area contributed by atoms with Crippen molar-refractivity contribution in [2.45, 2.75) is 38.6 Å². The van der Waals surface area contributed by atoms with Gasteiger partial charge >= 0.3 is 0 Å². The molecular formula is C15H23ClN2O2. The van der Waals surface area contributed by atoms with Crippen molar-refractivity contribution in [3.8, 4) is 5.75 Å². The fraction of sp³-hybridized carbons (Fsp3) is 0.533. The summed E-state index contributed by atoms with van der Waals surface area (Å²) < 4.78 is 5.41. The van der Waals surface area contributed by atoms with Crippen LogP contribution in [0.2, 0.25) is 0 Å². The predicted molar refractivity (Wildman–Crippen MR) is 83.4 cm³/mol. The molecule has 0 saturated heterocycles. The number of ether oxygens (including phenoxy) is 1. The molecule has 4 nitrogen and oxygen atoms in total. The van der Waals surface area contributed by atoms with Crippen molar-refractivity contribution in [1.82, 2.24) is 0 Å². The quantitative estimate of drug-likeness (QED) is 0.878. The second kappa shape index (κ2) is 8.12. The minimum atomic E-state index is 0. The highest BCUT2D eigenvalue weighted by Crippen LogP contribution is 2.27. The fourth-order valence-corrected chi connectivity index (χ4v) is 2.60. The molecule has 0 aromatic heterocycles. The van der Waals surface area contributed by atoms with Crippen LogP contribution in [-0.4, -0.2) is 18.6 Å². The molecule has 1 amide bonds. The number of hydrogen-bond donors (Lipinski definition) is 2. The number of carbonyl (C=O) groups excluding carboxylic acids is 1. The van der Waals surface area contributed by atoms with E-state index in [-0.39, 0.29) is 24.4 Å². The Bertz CT molecular complexity index is 440. The summed E-state index contributed by atoms with van der Waals surface area (Å²) in [6.07, 6.45) is 3.75. The van der Waals surface area contributed by atoms with Crippen LogP contribution in [0.5, 0.6) is 5.75 Å². The van der Waals surface area contributed by atoms with Crippen molar-refractivity contribution in [3.05, 3.63) is 24.3 Å². The number of benzene rings is 1. The maximum atomic E-state index is 12.0. The van der Waals surface area contributed by atoms with Gasteiger partial charge in [-0.25, -0.2) is 0 Å². The maximum Gasteiger partial charge on any atom is 0.224 e. The molecule has 20 heavy (non-hydrogen) atoms. The first-order chi connectivity index (χ1) is 9.19. The van der Waals surface area contributed by atoms with E-state index in [1.165, 1.54) is 0 Å². The molecule has 0 heterocycles. The number of hydrogen-bond acceptors (Lipinski definition) is 3. The lowest BCUT2D eigenvalue weighted by molar-refractivity contribution is -0.117. The number of anilines is 1. The summed E-state index contributed by atoms with van der Waals surface area (Å²) >= 11 is 0. The smallest absolute Gasteiger partial charge is 0.224 e. The average molecular weight is 299 g/mol. The Labute approximate surface area is 126 Å². The Kier molecular flexibility index (Phi) is 6.82. The molecule has 0 unspecified atom stereocenters. The summed E-state index contributed by atoms with van der Waals surface area (Å²) in [4.78, 5) is 12.0. The minimum Gasteiger partial charge on any atom is -0.494 e. The summed E-state index contributed by atoms with van der Waals surface area (Å²) in [5, 5.41) is 2.91. The molecule has 0 spiro atoms. The molecule has 0 radical (unpaired) electrons. The van der Waals surface area contributed by atoms with Gasteiger partial charge in [-0.2, -0.15) is 0 Å². The molecule has 1 fully saturated rings. The van der Waals surface area contributed by atoms with Gasteiger partial charge in [0.2, 0.25) is 5.91 Å². The molecule has 1 saturated carbocycles. The standard InChI is InChI=1S/C15H22N2O2.ClH/c1-2-19-13-7-4-6-12(10-13)17-15(18)9-11-5-3-8-14(11)16;/h4,6-7,10-11,14H,2-3,5,8-9,16H2,1H3,(H,17,18);1H/t11-,14+;/m0./s1. The van der Waals surface area contributed by atoms with Crippen LogP contribution >= 0.6 is 12.4 Å². The van der Waals surface area contributed by atoms with Crippen molar-refractivity contribution in [3.63, 3.8) is 0 Å².